The molecule has 2 heterocycles. The fourth-order valence-corrected chi connectivity index (χ4v) is 2.89. The average Bonchev–Trinajstić information content (AvgIpc) is 3.02. The highest BCUT2D eigenvalue weighted by Crippen LogP contribution is 2.31. The number of carbonyl (C=O) groups is 1. The van der Waals surface area contributed by atoms with E-state index < -0.39 is 0 Å². The molecule has 0 bridgehead atoms. The molecule has 1 amide bonds. The molecule has 0 aliphatic rings. The monoisotopic (exact) mass is 314 g/mol. The van der Waals surface area contributed by atoms with Gasteiger partial charge in [-0.05, 0) is 29.6 Å². The highest BCUT2D eigenvalue weighted by atomic mass is 35.5. The molecule has 104 valence electrons. The Morgan fingerprint density at radius 2 is 1.90 bits per heavy atom. The Morgan fingerprint density at radius 1 is 1.05 bits per heavy atom. The Balaban J connectivity index is 1.90. The zero-order valence-electron chi connectivity index (χ0n) is 10.9. The fourth-order valence-electron chi connectivity index (χ4n) is 1.96. The fraction of sp³-hybridized carbons (Fsp3) is 0. The number of hydrogen-bond donors (Lipinski definition) is 1. The van der Waals surface area contributed by atoms with Crippen molar-refractivity contribution >= 4 is 34.5 Å². The van der Waals surface area contributed by atoms with Crippen molar-refractivity contribution < 1.29 is 4.79 Å². The molecule has 0 atom stereocenters. The maximum absolute atomic E-state index is 12.3. The summed E-state index contributed by atoms with van der Waals surface area (Å²) in [6.45, 7) is 0. The standard InChI is InChI=1S/C16H11ClN2OS/c17-15-9-3-7-13(18-15)16(20)19-12-6-2-1-5-11(12)14-8-4-10-21-14/h1-10H,(H,19,20). The molecular formula is C16H11ClN2OS. The minimum Gasteiger partial charge on any atom is -0.320 e. The van der Waals surface area contributed by atoms with Crippen molar-refractivity contribution in [1.82, 2.24) is 4.98 Å². The molecule has 0 fully saturated rings. The van der Waals surface area contributed by atoms with Crippen LogP contribution in [0.15, 0.2) is 60.0 Å². The number of thiophene rings is 1. The molecule has 1 N–H and O–H groups in total. The minimum absolute atomic E-state index is 0.276. The van der Waals surface area contributed by atoms with Crippen LogP contribution in [0.3, 0.4) is 0 Å². The van der Waals surface area contributed by atoms with Crippen LogP contribution >= 0.6 is 22.9 Å². The number of para-hydroxylation sites is 1. The Morgan fingerprint density at radius 3 is 2.67 bits per heavy atom. The number of anilines is 1. The third-order valence-electron chi connectivity index (χ3n) is 2.91. The van der Waals surface area contributed by atoms with E-state index in [-0.39, 0.29) is 5.91 Å². The van der Waals surface area contributed by atoms with Gasteiger partial charge in [0.1, 0.15) is 10.8 Å². The number of halogens is 1. The van der Waals surface area contributed by atoms with Crippen molar-refractivity contribution in [2.45, 2.75) is 0 Å². The van der Waals surface area contributed by atoms with E-state index in [1.54, 1.807) is 29.5 Å². The lowest BCUT2D eigenvalue weighted by molar-refractivity contribution is 0.102. The molecule has 0 radical (unpaired) electrons. The first-order valence-electron chi connectivity index (χ1n) is 6.31. The molecule has 21 heavy (non-hydrogen) atoms. The molecule has 0 saturated carbocycles. The normalized spacial score (nSPS) is 10.3. The van der Waals surface area contributed by atoms with E-state index in [2.05, 4.69) is 10.3 Å². The van der Waals surface area contributed by atoms with Crippen LogP contribution in [0.4, 0.5) is 5.69 Å². The Hall–Kier alpha value is -2.17. The van der Waals surface area contributed by atoms with Crippen molar-refractivity contribution in [2.24, 2.45) is 0 Å². The van der Waals surface area contributed by atoms with E-state index in [0.717, 1.165) is 16.1 Å². The molecule has 5 heteroatoms. The molecular weight excluding hydrogens is 304 g/mol. The summed E-state index contributed by atoms with van der Waals surface area (Å²) in [7, 11) is 0. The van der Waals surface area contributed by atoms with Crippen molar-refractivity contribution in [3.63, 3.8) is 0 Å². The molecule has 0 aliphatic carbocycles. The van der Waals surface area contributed by atoms with Crippen molar-refractivity contribution in [3.8, 4) is 10.4 Å². The summed E-state index contributed by atoms with van der Waals surface area (Å²) in [5.74, 6) is -0.276. The van der Waals surface area contributed by atoms with E-state index in [1.807, 2.05) is 41.8 Å². The molecule has 2 aromatic heterocycles. The van der Waals surface area contributed by atoms with E-state index >= 15 is 0 Å². The van der Waals surface area contributed by atoms with Gasteiger partial charge in [0.2, 0.25) is 0 Å². The van der Waals surface area contributed by atoms with Gasteiger partial charge >= 0.3 is 0 Å². The predicted molar refractivity (Wildman–Crippen MR) is 87.0 cm³/mol. The smallest absolute Gasteiger partial charge is 0.274 e. The number of aromatic nitrogens is 1. The van der Waals surface area contributed by atoms with Crippen LogP contribution in [0, 0.1) is 0 Å². The number of nitrogens with zero attached hydrogens (tertiary/aromatic N) is 1. The minimum atomic E-state index is -0.276. The van der Waals surface area contributed by atoms with Crippen LogP contribution in [0.5, 0.6) is 0 Å². The number of nitrogens with one attached hydrogen (secondary N) is 1. The molecule has 3 nitrogen and oxygen atoms in total. The first-order valence-corrected chi connectivity index (χ1v) is 7.56. The van der Waals surface area contributed by atoms with E-state index in [1.165, 1.54) is 0 Å². The molecule has 1 aromatic carbocycles. The summed E-state index contributed by atoms with van der Waals surface area (Å²) in [6.07, 6.45) is 0. The van der Waals surface area contributed by atoms with Crippen molar-refractivity contribution in [1.29, 1.82) is 0 Å². The summed E-state index contributed by atoms with van der Waals surface area (Å²) in [4.78, 5) is 17.4. The van der Waals surface area contributed by atoms with Crippen LogP contribution in [0.1, 0.15) is 10.5 Å². The second-order valence-corrected chi connectivity index (χ2v) is 5.66. The van der Waals surface area contributed by atoms with Crippen LogP contribution in [-0.2, 0) is 0 Å². The molecule has 0 saturated heterocycles. The first-order chi connectivity index (χ1) is 10.2. The zero-order chi connectivity index (χ0) is 14.7. The van der Waals surface area contributed by atoms with Gasteiger partial charge in [0, 0.05) is 16.1 Å². The van der Waals surface area contributed by atoms with Gasteiger partial charge in [-0.3, -0.25) is 4.79 Å². The lowest BCUT2D eigenvalue weighted by Crippen LogP contribution is -2.14. The number of pyridine rings is 1. The predicted octanol–water partition coefficient (Wildman–Crippen LogP) is 4.72. The highest BCUT2D eigenvalue weighted by molar-refractivity contribution is 7.13. The molecule has 0 unspecified atom stereocenters. The van der Waals surface area contributed by atoms with Gasteiger partial charge in [-0.1, -0.05) is 41.9 Å². The Bertz CT molecular complexity index is 771. The van der Waals surface area contributed by atoms with Crippen LogP contribution in [0.2, 0.25) is 5.15 Å². The third kappa shape index (κ3) is 3.12. The molecule has 3 aromatic rings. The SMILES string of the molecule is O=C(Nc1ccccc1-c1cccs1)c1cccc(Cl)n1. The second kappa shape index (κ2) is 6.08. The van der Waals surface area contributed by atoms with Crippen LogP contribution < -0.4 is 5.32 Å². The first kappa shape index (κ1) is 13.8. The van der Waals surface area contributed by atoms with Gasteiger partial charge in [0.15, 0.2) is 0 Å². The van der Waals surface area contributed by atoms with Gasteiger partial charge < -0.3 is 5.32 Å². The Kier molecular flexibility index (Phi) is 3.99. The van der Waals surface area contributed by atoms with E-state index in [4.69, 9.17) is 11.6 Å². The van der Waals surface area contributed by atoms with Crippen LogP contribution in [-0.4, -0.2) is 10.9 Å². The number of benzene rings is 1. The van der Waals surface area contributed by atoms with E-state index in [9.17, 15) is 4.79 Å². The van der Waals surface area contributed by atoms with Crippen molar-refractivity contribution in [2.75, 3.05) is 5.32 Å². The Labute approximate surface area is 131 Å². The number of carbonyl (C=O) groups excluding carboxylic acids is 1. The highest BCUT2D eigenvalue weighted by Gasteiger charge is 2.11. The van der Waals surface area contributed by atoms with E-state index in [0.29, 0.717) is 10.8 Å². The lowest BCUT2D eigenvalue weighted by Gasteiger charge is -2.09. The number of hydrogen-bond acceptors (Lipinski definition) is 3. The molecule has 0 spiro atoms. The second-order valence-electron chi connectivity index (χ2n) is 4.32. The third-order valence-corrected chi connectivity index (χ3v) is 4.02. The van der Waals surface area contributed by atoms with Crippen molar-refractivity contribution in [3.05, 3.63) is 70.8 Å². The van der Waals surface area contributed by atoms with Gasteiger partial charge in [-0.15, -0.1) is 11.3 Å². The van der Waals surface area contributed by atoms with Crippen LogP contribution in [0.25, 0.3) is 10.4 Å². The summed E-state index contributed by atoms with van der Waals surface area (Å²) in [5.41, 5.74) is 2.04. The van der Waals surface area contributed by atoms with Gasteiger partial charge in [-0.25, -0.2) is 4.98 Å². The summed E-state index contributed by atoms with van der Waals surface area (Å²) < 4.78 is 0. The summed E-state index contributed by atoms with van der Waals surface area (Å²) in [6, 6.07) is 16.7. The quantitative estimate of drug-likeness (QED) is 0.711. The summed E-state index contributed by atoms with van der Waals surface area (Å²) in [5, 5.41) is 5.20. The zero-order valence-corrected chi connectivity index (χ0v) is 12.5. The van der Waals surface area contributed by atoms with Gasteiger partial charge in [0.25, 0.3) is 5.91 Å². The maximum atomic E-state index is 12.3. The topological polar surface area (TPSA) is 42.0 Å². The number of rotatable bonds is 3. The maximum Gasteiger partial charge on any atom is 0.274 e. The average molecular weight is 315 g/mol. The molecule has 3 rings (SSSR count). The largest absolute Gasteiger partial charge is 0.320 e. The number of amides is 1. The van der Waals surface area contributed by atoms with Gasteiger partial charge in [-0.2, -0.15) is 0 Å². The lowest BCUT2D eigenvalue weighted by atomic mass is 10.1. The molecule has 0 aliphatic heterocycles. The van der Waals surface area contributed by atoms with Gasteiger partial charge in [0.05, 0.1) is 0 Å². The summed E-state index contributed by atoms with van der Waals surface area (Å²) >= 11 is 7.44.